The molecule has 5 heteroatoms. The highest BCUT2D eigenvalue weighted by Gasteiger charge is 2.34. The predicted octanol–water partition coefficient (Wildman–Crippen LogP) is 1.94. The lowest BCUT2D eigenvalue weighted by atomic mass is 9.96. The smallest absolute Gasteiger partial charge is 0.150 e. The van der Waals surface area contributed by atoms with E-state index < -0.39 is 21.9 Å². The predicted molar refractivity (Wildman–Crippen MR) is 62.4 cm³/mol. The van der Waals surface area contributed by atoms with E-state index in [0.717, 1.165) is 0 Å². The second-order valence-electron chi connectivity index (χ2n) is 4.35. The van der Waals surface area contributed by atoms with Crippen LogP contribution in [0.4, 0.5) is 4.39 Å². The maximum Gasteiger partial charge on any atom is 0.150 e. The number of sulfone groups is 1. The second-order valence-corrected chi connectivity index (χ2v) is 6.58. The standard InChI is InChI=1S/C12H13FO3S/c13-12(11-5-6-17(15,16)8-11)10-3-1-9(7-14)2-4-10/h1-4,7,11-12H,5-6,8H2. The van der Waals surface area contributed by atoms with Crippen LogP contribution in [0.5, 0.6) is 0 Å². The van der Waals surface area contributed by atoms with Crippen LogP contribution in [0.15, 0.2) is 24.3 Å². The van der Waals surface area contributed by atoms with Crippen LogP contribution in [0, 0.1) is 5.92 Å². The van der Waals surface area contributed by atoms with E-state index in [9.17, 15) is 17.6 Å². The molecule has 0 amide bonds. The van der Waals surface area contributed by atoms with E-state index >= 15 is 0 Å². The zero-order chi connectivity index (χ0) is 12.5. The van der Waals surface area contributed by atoms with Gasteiger partial charge in [0.2, 0.25) is 0 Å². The number of alkyl halides is 1. The Kier molecular flexibility index (Phi) is 3.28. The number of aldehydes is 1. The molecule has 2 unspecified atom stereocenters. The van der Waals surface area contributed by atoms with Crippen molar-refractivity contribution in [2.24, 2.45) is 5.92 Å². The van der Waals surface area contributed by atoms with Crippen molar-refractivity contribution in [2.45, 2.75) is 12.6 Å². The second kappa shape index (κ2) is 4.56. The minimum atomic E-state index is -3.06. The lowest BCUT2D eigenvalue weighted by molar-refractivity contribution is 0.112. The fourth-order valence-corrected chi connectivity index (χ4v) is 3.90. The lowest BCUT2D eigenvalue weighted by Gasteiger charge is -2.14. The Morgan fingerprint density at radius 2 is 1.94 bits per heavy atom. The molecule has 1 fully saturated rings. The first-order valence-electron chi connectivity index (χ1n) is 5.41. The molecule has 2 atom stereocenters. The average Bonchev–Trinajstić information content (AvgIpc) is 2.69. The lowest BCUT2D eigenvalue weighted by Crippen LogP contribution is -2.11. The first-order valence-corrected chi connectivity index (χ1v) is 7.23. The van der Waals surface area contributed by atoms with Crippen LogP contribution in [0.3, 0.4) is 0 Å². The number of hydrogen-bond acceptors (Lipinski definition) is 3. The van der Waals surface area contributed by atoms with Crippen LogP contribution in [0.2, 0.25) is 0 Å². The molecule has 17 heavy (non-hydrogen) atoms. The van der Waals surface area contributed by atoms with Crippen molar-refractivity contribution >= 4 is 16.1 Å². The normalized spacial score (nSPS) is 24.4. The molecule has 0 radical (unpaired) electrons. The van der Waals surface area contributed by atoms with Gasteiger partial charge in [-0.3, -0.25) is 4.79 Å². The Balaban J connectivity index is 2.14. The summed E-state index contributed by atoms with van der Waals surface area (Å²) in [6, 6.07) is 6.16. The Bertz CT molecular complexity index is 507. The third-order valence-corrected chi connectivity index (χ3v) is 4.87. The van der Waals surface area contributed by atoms with Crippen LogP contribution >= 0.6 is 0 Å². The molecule has 0 spiro atoms. The van der Waals surface area contributed by atoms with Crippen molar-refractivity contribution in [2.75, 3.05) is 11.5 Å². The first kappa shape index (κ1) is 12.2. The summed E-state index contributed by atoms with van der Waals surface area (Å²) in [5, 5.41) is 0. The summed E-state index contributed by atoms with van der Waals surface area (Å²) in [6.07, 6.45) is -0.205. The van der Waals surface area contributed by atoms with Crippen LogP contribution in [0.1, 0.15) is 28.5 Å². The minimum Gasteiger partial charge on any atom is -0.298 e. The van der Waals surface area contributed by atoms with Crippen LogP contribution in [-0.2, 0) is 9.84 Å². The average molecular weight is 256 g/mol. The molecule has 1 aromatic carbocycles. The van der Waals surface area contributed by atoms with E-state index in [0.29, 0.717) is 23.8 Å². The van der Waals surface area contributed by atoms with E-state index in [1.165, 1.54) is 0 Å². The quantitative estimate of drug-likeness (QED) is 0.777. The monoisotopic (exact) mass is 256 g/mol. The van der Waals surface area contributed by atoms with Crippen molar-refractivity contribution in [1.82, 2.24) is 0 Å². The fourth-order valence-electron chi connectivity index (χ4n) is 2.09. The number of carbonyl (C=O) groups is 1. The molecule has 0 saturated carbocycles. The molecule has 92 valence electrons. The van der Waals surface area contributed by atoms with Gasteiger partial charge in [-0.2, -0.15) is 0 Å². The summed E-state index contributed by atoms with van der Waals surface area (Å²) in [6.45, 7) is 0. The number of carbonyl (C=O) groups excluding carboxylic acids is 1. The third kappa shape index (κ3) is 2.72. The van der Waals surface area contributed by atoms with Gasteiger partial charge in [0.05, 0.1) is 11.5 Å². The number of halogens is 1. The van der Waals surface area contributed by atoms with E-state index in [4.69, 9.17) is 0 Å². The molecule has 1 aliphatic rings. The zero-order valence-corrected chi connectivity index (χ0v) is 9.99. The molecular weight excluding hydrogens is 243 g/mol. The van der Waals surface area contributed by atoms with Gasteiger partial charge in [-0.1, -0.05) is 24.3 Å². The van der Waals surface area contributed by atoms with Gasteiger partial charge in [-0.15, -0.1) is 0 Å². The van der Waals surface area contributed by atoms with Crippen molar-refractivity contribution in [3.05, 3.63) is 35.4 Å². The van der Waals surface area contributed by atoms with E-state index in [2.05, 4.69) is 0 Å². The molecule has 1 aliphatic heterocycles. The SMILES string of the molecule is O=Cc1ccc(C(F)C2CCS(=O)(=O)C2)cc1. The van der Waals surface area contributed by atoms with Crippen LogP contribution in [-0.4, -0.2) is 26.2 Å². The zero-order valence-electron chi connectivity index (χ0n) is 9.17. The minimum absolute atomic E-state index is 0.0739. The van der Waals surface area contributed by atoms with Gasteiger partial charge in [-0.05, 0) is 12.0 Å². The van der Waals surface area contributed by atoms with Gasteiger partial charge in [-0.25, -0.2) is 12.8 Å². The molecular formula is C12H13FO3S. The summed E-state index contributed by atoms with van der Waals surface area (Å²) in [5.41, 5.74) is 0.928. The van der Waals surface area contributed by atoms with Crippen LogP contribution < -0.4 is 0 Å². The Morgan fingerprint density at radius 3 is 2.41 bits per heavy atom. The van der Waals surface area contributed by atoms with Gasteiger partial charge >= 0.3 is 0 Å². The summed E-state index contributed by atoms with van der Waals surface area (Å²) >= 11 is 0. The van der Waals surface area contributed by atoms with Gasteiger partial charge in [0.15, 0.2) is 9.84 Å². The van der Waals surface area contributed by atoms with E-state index in [1.54, 1.807) is 24.3 Å². The molecule has 1 saturated heterocycles. The van der Waals surface area contributed by atoms with E-state index in [1.807, 2.05) is 0 Å². The Labute approximate surface area is 99.6 Å². The molecule has 1 heterocycles. The van der Waals surface area contributed by atoms with Crippen LogP contribution in [0.25, 0.3) is 0 Å². The maximum atomic E-state index is 14.1. The highest BCUT2D eigenvalue weighted by atomic mass is 32.2. The number of hydrogen-bond donors (Lipinski definition) is 0. The molecule has 0 aromatic heterocycles. The van der Waals surface area contributed by atoms with Gasteiger partial charge < -0.3 is 0 Å². The molecule has 0 bridgehead atoms. The summed E-state index contributed by atoms with van der Waals surface area (Å²) in [5.74, 6) is -0.462. The summed E-state index contributed by atoms with van der Waals surface area (Å²) < 4.78 is 36.6. The third-order valence-electron chi connectivity index (χ3n) is 3.07. The highest BCUT2D eigenvalue weighted by Crippen LogP contribution is 2.34. The van der Waals surface area contributed by atoms with E-state index in [-0.39, 0.29) is 11.5 Å². The first-order chi connectivity index (χ1) is 8.02. The molecule has 3 nitrogen and oxygen atoms in total. The summed E-state index contributed by atoms with van der Waals surface area (Å²) in [7, 11) is -3.06. The maximum absolute atomic E-state index is 14.1. The highest BCUT2D eigenvalue weighted by molar-refractivity contribution is 7.91. The summed E-state index contributed by atoms with van der Waals surface area (Å²) in [4.78, 5) is 10.5. The Morgan fingerprint density at radius 1 is 1.29 bits per heavy atom. The molecule has 0 N–H and O–H groups in total. The van der Waals surface area contributed by atoms with Gasteiger partial charge in [0, 0.05) is 11.5 Å². The van der Waals surface area contributed by atoms with Crippen molar-refractivity contribution in [3.8, 4) is 0 Å². The molecule has 0 aliphatic carbocycles. The topological polar surface area (TPSA) is 51.2 Å². The van der Waals surface area contributed by atoms with Gasteiger partial charge in [0.25, 0.3) is 0 Å². The largest absolute Gasteiger partial charge is 0.298 e. The Hall–Kier alpha value is -1.23. The molecule has 2 rings (SSSR count). The van der Waals surface area contributed by atoms with Crippen molar-refractivity contribution in [3.63, 3.8) is 0 Å². The fraction of sp³-hybridized carbons (Fsp3) is 0.417. The number of benzene rings is 1. The molecule has 1 aromatic rings. The van der Waals surface area contributed by atoms with Crippen molar-refractivity contribution < 1.29 is 17.6 Å². The van der Waals surface area contributed by atoms with Gasteiger partial charge in [0.1, 0.15) is 12.5 Å². The van der Waals surface area contributed by atoms with Crippen molar-refractivity contribution in [1.29, 1.82) is 0 Å². The number of rotatable bonds is 3.